The molecule has 1 N–H and O–H groups in total. The van der Waals surface area contributed by atoms with Crippen molar-refractivity contribution in [2.45, 2.75) is 43.2 Å². The first kappa shape index (κ1) is 13.2. The van der Waals surface area contributed by atoms with Gasteiger partial charge >= 0.3 is 0 Å². The Morgan fingerprint density at radius 2 is 2.30 bits per heavy atom. The molecule has 0 bridgehead atoms. The first-order chi connectivity index (χ1) is 9.85. The van der Waals surface area contributed by atoms with E-state index in [0.717, 1.165) is 19.1 Å². The summed E-state index contributed by atoms with van der Waals surface area (Å²) in [6.07, 6.45) is 4.91. The molecule has 2 saturated heterocycles. The summed E-state index contributed by atoms with van der Waals surface area (Å²) in [6.45, 7) is 2.09. The van der Waals surface area contributed by atoms with Crippen LogP contribution in [0, 0.1) is 0 Å². The predicted molar refractivity (Wildman–Crippen MR) is 84.5 cm³/mol. The zero-order valence-corrected chi connectivity index (χ0v) is 12.8. The quantitative estimate of drug-likeness (QED) is 0.924. The van der Waals surface area contributed by atoms with Crippen LogP contribution in [0.3, 0.4) is 0 Å². The van der Waals surface area contributed by atoms with Gasteiger partial charge in [0.2, 0.25) is 0 Å². The molecule has 3 atom stereocenters. The minimum absolute atomic E-state index is 0.206. The monoisotopic (exact) mass is 289 g/mol. The third-order valence-corrected chi connectivity index (χ3v) is 6.40. The Balaban J connectivity index is 1.32. The molecule has 0 amide bonds. The van der Waals surface area contributed by atoms with Crippen molar-refractivity contribution in [3.05, 3.63) is 35.4 Å². The molecule has 1 aromatic carbocycles. The van der Waals surface area contributed by atoms with Crippen LogP contribution >= 0.6 is 11.8 Å². The van der Waals surface area contributed by atoms with E-state index in [1.807, 2.05) is 0 Å². The maximum Gasteiger partial charge on any atom is 0.0795 e. The molecule has 1 aliphatic carbocycles. The lowest BCUT2D eigenvalue weighted by Crippen LogP contribution is -2.48. The molecular formula is C17H23NOS. The van der Waals surface area contributed by atoms with Crippen LogP contribution in [0.5, 0.6) is 0 Å². The third-order valence-electron chi connectivity index (χ3n) is 5.17. The van der Waals surface area contributed by atoms with Crippen LogP contribution in [0.4, 0.5) is 0 Å². The van der Waals surface area contributed by atoms with E-state index in [2.05, 4.69) is 41.3 Å². The van der Waals surface area contributed by atoms with Crippen LogP contribution in [0.1, 0.15) is 36.3 Å². The summed E-state index contributed by atoms with van der Waals surface area (Å²) in [4.78, 5) is 0. The highest BCUT2D eigenvalue weighted by Crippen LogP contribution is 2.39. The highest BCUT2D eigenvalue weighted by molar-refractivity contribution is 7.99. The van der Waals surface area contributed by atoms with E-state index in [4.69, 9.17) is 4.74 Å². The standard InChI is InChI=1S/C17H23NOS/c1-2-4-16-13(3-1)9-14(16)11-18-15-5-7-19-17(10-15)6-8-20-12-17/h1-4,14-15,18H,5-12H2. The fraction of sp³-hybridized carbons (Fsp3) is 0.647. The van der Waals surface area contributed by atoms with Crippen molar-refractivity contribution in [3.63, 3.8) is 0 Å². The fourth-order valence-corrected chi connectivity index (χ4v) is 5.30. The summed E-state index contributed by atoms with van der Waals surface area (Å²) in [5, 5.41) is 3.83. The Morgan fingerprint density at radius 3 is 3.15 bits per heavy atom. The lowest BCUT2D eigenvalue weighted by molar-refractivity contribution is -0.0702. The first-order valence-electron chi connectivity index (χ1n) is 7.88. The summed E-state index contributed by atoms with van der Waals surface area (Å²) in [6, 6.07) is 9.55. The lowest BCUT2D eigenvalue weighted by Gasteiger charge is -2.39. The van der Waals surface area contributed by atoms with Gasteiger partial charge in [0.05, 0.1) is 5.60 Å². The van der Waals surface area contributed by atoms with E-state index in [1.54, 1.807) is 11.1 Å². The summed E-state index contributed by atoms with van der Waals surface area (Å²) < 4.78 is 6.10. The molecule has 20 heavy (non-hydrogen) atoms. The largest absolute Gasteiger partial charge is 0.374 e. The summed E-state index contributed by atoms with van der Waals surface area (Å²) in [5.74, 6) is 3.23. The van der Waals surface area contributed by atoms with Crippen LogP contribution in [0.15, 0.2) is 24.3 Å². The fourth-order valence-electron chi connectivity index (χ4n) is 3.92. The molecule has 2 fully saturated rings. The molecule has 2 aliphatic heterocycles. The Labute approximate surface area is 125 Å². The number of ether oxygens (including phenoxy) is 1. The Hall–Kier alpha value is -0.510. The van der Waals surface area contributed by atoms with Gasteiger partial charge in [-0.3, -0.25) is 0 Å². The van der Waals surface area contributed by atoms with Gasteiger partial charge in [-0.1, -0.05) is 24.3 Å². The smallest absolute Gasteiger partial charge is 0.0795 e. The second kappa shape index (κ2) is 5.36. The van der Waals surface area contributed by atoms with Crippen LogP contribution in [0.25, 0.3) is 0 Å². The van der Waals surface area contributed by atoms with Crippen molar-refractivity contribution in [2.75, 3.05) is 24.7 Å². The van der Waals surface area contributed by atoms with Crippen molar-refractivity contribution >= 4 is 11.8 Å². The van der Waals surface area contributed by atoms with Gasteiger partial charge in [-0.25, -0.2) is 0 Å². The summed E-state index contributed by atoms with van der Waals surface area (Å²) in [7, 11) is 0. The molecule has 1 aromatic rings. The average Bonchev–Trinajstić information content (AvgIpc) is 2.88. The van der Waals surface area contributed by atoms with Gasteiger partial charge < -0.3 is 10.1 Å². The molecular weight excluding hydrogens is 266 g/mol. The zero-order valence-electron chi connectivity index (χ0n) is 11.9. The number of hydrogen-bond acceptors (Lipinski definition) is 3. The first-order valence-corrected chi connectivity index (χ1v) is 9.03. The van der Waals surface area contributed by atoms with E-state index in [1.165, 1.54) is 37.2 Å². The van der Waals surface area contributed by atoms with Crippen molar-refractivity contribution < 1.29 is 4.74 Å². The molecule has 108 valence electrons. The molecule has 0 radical (unpaired) electrons. The van der Waals surface area contributed by atoms with Crippen molar-refractivity contribution in [1.82, 2.24) is 5.32 Å². The number of thioether (sulfide) groups is 1. The molecule has 2 nitrogen and oxygen atoms in total. The molecule has 3 heteroatoms. The number of rotatable bonds is 3. The molecule has 0 saturated carbocycles. The number of fused-ring (bicyclic) bond motifs is 1. The molecule has 4 rings (SSSR count). The van der Waals surface area contributed by atoms with Gasteiger partial charge in [0.1, 0.15) is 0 Å². The molecule has 0 aromatic heterocycles. The van der Waals surface area contributed by atoms with Crippen molar-refractivity contribution in [2.24, 2.45) is 0 Å². The van der Waals surface area contributed by atoms with E-state index in [9.17, 15) is 0 Å². The number of nitrogens with one attached hydrogen (secondary N) is 1. The Kier molecular flexibility index (Phi) is 3.53. The second-order valence-electron chi connectivity index (χ2n) is 6.53. The topological polar surface area (TPSA) is 21.3 Å². The predicted octanol–water partition coefficient (Wildman–Crippen LogP) is 2.97. The van der Waals surface area contributed by atoms with Crippen LogP contribution in [-0.4, -0.2) is 36.3 Å². The van der Waals surface area contributed by atoms with E-state index >= 15 is 0 Å². The second-order valence-corrected chi connectivity index (χ2v) is 7.64. The van der Waals surface area contributed by atoms with Gasteiger partial charge in [0.25, 0.3) is 0 Å². The van der Waals surface area contributed by atoms with Gasteiger partial charge in [0, 0.05) is 30.9 Å². The number of hydrogen-bond donors (Lipinski definition) is 1. The highest BCUT2D eigenvalue weighted by atomic mass is 32.2. The van der Waals surface area contributed by atoms with Crippen molar-refractivity contribution in [1.29, 1.82) is 0 Å². The average molecular weight is 289 g/mol. The molecule has 3 unspecified atom stereocenters. The van der Waals surface area contributed by atoms with Crippen molar-refractivity contribution in [3.8, 4) is 0 Å². The molecule has 1 spiro atoms. The van der Waals surface area contributed by atoms with Crippen LogP contribution < -0.4 is 5.32 Å². The third kappa shape index (κ3) is 2.40. The molecule has 2 heterocycles. The Bertz CT molecular complexity index is 484. The highest BCUT2D eigenvalue weighted by Gasteiger charge is 2.40. The lowest BCUT2D eigenvalue weighted by atomic mass is 9.77. The minimum atomic E-state index is 0.206. The molecule has 3 aliphatic rings. The van der Waals surface area contributed by atoms with E-state index in [-0.39, 0.29) is 5.60 Å². The van der Waals surface area contributed by atoms with Crippen LogP contribution in [0.2, 0.25) is 0 Å². The zero-order chi connectivity index (χ0) is 13.4. The number of benzene rings is 1. The van der Waals surface area contributed by atoms with E-state index < -0.39 is 0 Å². The van der Waals surface area contributed by atoms with Gasteiger partial charge in [-0.2, -0.15) is 11.8 Å². The Morgan fingerprint density at radius 1 is 1.35 bits per heavy atom. The van der Waals surface area contributed by atoms with Crippen LogP contribution in [-0.2, 0) is 11.2 Å². The van der Waals surface area contributed by atoms with Gasteiger partial charge in [-0.05, 0) is 42.6 Å². The van der Waals surface area contributed by atoms with E-state index in [0.29, 0.717) is 6.04 Å². The minimum Gasteiger partial charge on any atom is -0.374 e. The summed E-state index contributed by atoms with van der Waals surface area (Å²) in [5.41, 5.74) is 3.33. The van der Waals surface area contributed by atoms with Gasteiger partial charge in [-0.15, -0.1) is 0 Å². The normalized spacial score (nSPS) is 35.8. The SMILES string of the molecule is c1ccc2c(c1)CC2CNC1CCOC2(CCSC2)C1. The maximum absolute atomic E-state index is 6.10. The maximum atomic E-state index is 6.10. The summed E-state index contributed by atoms with van der Waals surface area (Å²) >= 11 is 2.06. The van der Waals surface area contributed by atoms with Gasteiger partial charge in [0.15, 0.2) is 0 Å².